The van der Waals surface area contributed by atoms with Crippen LogP contribution < -0.4 is 5.73 Å². The van der Waals surface area contributed by atoms with Crippen LogP contribution in [0.25, 0.3) is 0 Å². The molecule has 1 fully saturated rings. The Hall–Kier alpha value is -1.51. The van der Waals surface area contributed by atoms with Crippen molar-refractivity contribution < 1.29 is 4.79 Å². The van der Waals surface area contributed by atoms with Gasteiger partial charge in [-0.2, -0.15) is 0 Å². The Kier molecular flexibility index (Phi) is 3.09. The molecule has 0 radical (unpaired) electrons. The minimum Gasteiger partial charge on any atom is -0.398 e. The summed E-state index contributed by atoms with van der Waals surface area (Å²) in [5.74, 6) is 0.0962. The van der Waals surface area contributed by atoms with Crippen molar-refractivity contribution in [2.45, 2.75) is 39.2 Å². The molecule has 1 saturated carbocycles. The molecule has 0 aliphatic heterocycles. The van der Waals surface area contributed by atoms with Crippen LogP contribution in [0.4, 0.5) is 5.69 Å². The number of rotatable bonds is 2. The Labute approximate surface area is 103 Å². The molecule has 2 rings (SSSR count). The van der Waals surface area contributed by atoms with Crippen LogP contribution in [-0.2, 0) is 0 Å². The molecule has 92 valence electrons. The van der Waals surface area contributed by atoms with Gasteiger partial charge in [0.1, 0.15) is 0 Å². The fraction of sp³-hybridized carbons (Fsp3) is 0.500. The largest absolute Gasteiger partial charge is 0.398 e. The Morgan fingerprint density at radius 3 is 2.47 bits per heavy atom. The quantitative estimate of drug-likeness (QED) is 0.796. The average molecular weight is 232 g/mol. The maximum absolute atomic E-state index is 12.3. The summed E-state index contributed by atoms with van der Waals surface area (Å²) < 4.78 is 0. The zero-order valence-electron chi connectivity index (χ0n) is 10.8. The van der Waals surface area contributed by atoms with E-state index in [-0.39, 0.29) is 5.91 Å². The zero-order chi connectivity index (χ0) is 12.6. The maximum atomic E-state index is 12.3. The molecule has 1 amide bonds. The molecule has 1 aromatic carbocycles. The first kappa shape index (κ1) is 12.0. The Morgan fingerprint density at radius 2 is 1.94 bits per heavy atom. The van der Waals surface area contributed by atoms with Gasteiger partial charge in [-0.15, -0.1) is 0 Å². The van der Waals surface area contributed by atoms with Crippen molar-refractivity contribution in [1.82, 2.24) is 4.90 Å². The molecule has 0 atom stereocenters. The van der Waals surface area contributed by atoms with Crippen LogP contribution in [0.15, 0.2) is 12.1 Å². The summed E-state index contributed by atoms with van der Waals surface area (Å²) in [6.45, 7) is 3.93. The van der Waals surface area contributed by atoms with E-state index in [0.717, 1.165) is 29.5 Å². The number of nitrogens with two attached hydrogens (primary N) is 1. The predicted molar refractivity (Wildman–Crippen MR) is 70.1 cm³/mol. The highest BCUT2D eigenvalue weighted by Gasteiger charge is 2.27. The van der Waals surface area contributed by atoms with Gasteiger partial charge >= 0.3 is 0 Å². The Morgan fingerprint density at radius 1 is 1.29 bits per heavy atom. The highest BCUT2D eigenvalue weighted by Crippen LogP contribution is 2.26. The van der Waals surface area contributed by atoms with E-state index in [1.807, 2.05) is 37.9 Å². The van der Waals surface area contributed by atoms with Gasteiger partial charge in [0.2, 0.25) is 0 Å². The van der Waals surface area contributed by atoms with E-state index in [1.165, 1.54) is 6.42 Å². The number of benzene rings is 1. The topological polar surface area (TPSA) is 46.3 Å². The summed E-state index contributed by atoms with van der Waals surface area (Å²) in [6.07, 6.45) is 3.49. The van der Waals surface area contributed by atoms with Crippen molar-refractivity contribution in [1.29, 1.82) is 0 Å². The van der Waals surface area contributed by atoms with Crippen molar-refractivity contribution >= 4 is 11.6 Å². The molecule has 0 bridgehead atoms. The van der Waals surface area contributed by atoms with Crippen molar-refractivity contribution in [2.75, 3.05) is 12.8 Å². The standard InChI is InChI=1S/C14H20N2O/c1-9-7-10(2)13(15)8-12(9)14(17)16(3)11-5-4-6-11/h7-8,11H,4-6,15H2,1-3H3. The molecule has 0 heterocycles. The van der Waals surface area contributed by atoms with Gasteiger partial charge in [0, 0.05) is 24.3 Å². The van der Waals surface area contributed by atoms with Crippen LogP contribution in [0.1, 0.15) is 40.7 Å². The summed E-state index contributed by atoms with van der Waals surface area (Å²) in [4.78, 5) is 14.2. The van der Waals surface area contributed by atoms with Crippen LogP contribution >= 0.6 is 0 Å². The molecule has 17 heavy (non-hydrogen) atoms. The van der Waals surface area contributed by atoms with Crippen LogP contribution in [-0.4, -0.2) is 23.9 Å². The molecule has 1 aromatic rings. The number of nitrogen functional groups attached to an aromatic ring is 1. The lowest BCUT2D eigenvalue weighted by Crippen LogP contribution is -2.41. The molecule has 0 saturated heterocycles. The van der Waals surface area contributed by atoms with Gasteiger partial charge in [0.05, 0.1) is 0 Å². The number of hydrogen-bond acceptors (Lipinski definition) is 2. The lowest BCUT2D eigenvalue weighted by atomic mass is 9.91. The van der Waals surface area contributed by atoms with Crippen molar-refractivity contribution in [3.8, 4) is 0 Å². The molecule has 1 aliphatic carbocycles. The van der Waals surface area contributed by atoms with Crippen molar-refractivity contribution in [3.63, 3.8) is 0 Å². The second-order valence-electron chi connectivity index (χ2n) is 5.02. The minimum absolute atomic E-state index is 0.0962. The average Bonchev–Trinajstić information content (AvgIpc) is 2.20. The highest BCUT2D eigenvalue weighted by molar-refractivity contribution is 5.96. The van der Waals surface area contributed by atoms with Gasteiger partial charge in [0.15, 0.2) is 0 Å². The first-order valence-electron chi connectivity index (χ1n) is 6.14. The molecular formula is C14H20N2O. The van der Waals surface area contributed by atoms with Crippen LogP contribution in [0.2, 0.25) is 0 Å². The van der Waals surface area contributed by atoms with E-state index in [0.29, 0.717) is 11.7 Å². The van der Waals surface area contributed by atoms with E-state index >= 15 is 0 Å². The predicted octanol–water partition coefficient (Wildman–Crippen LogP) is 2.51. The molecular weight excluding hydrogens is 212 g/mol. The molecule has 3 heteroatoms. The minimum atomic E-state index is 0.0962. The number of amides is 1. The molecule has 0 aromatic heterocycles. The third-order valence-electron chi connectivity index (χ3n) is 3.79. The first-order chi connectivity index (χ1) is 8.00. The normalized spacial score (nSPS) is 15.5. The summed E-state index contributed by atoms with van der Waals surface area (Å²) >= 11 is 0. The van der Waals surface area contributed by atoms with Crippen LogP contribution in [0, 0.1) is 13.8 Å². The third-order valence-corrected chi connectivity index (χ3v) is 3.79. The molecule has 3 nitrogen and oxygen atoms in total. The number of hydrogen-bond donors (Lipinski definition) is 1. The van der Waals surface area contributed by atoms with E-state index < -0.39 is 0 Å². The lowest BCUT2D eigenvalue weighted by molar-refractivity contribution is 0.0651. The highest BCUT2D eigenvalue weighted by atomic mass is 16.2. The number of anilines is 1. The summed E-state index contributed by atoms with van der Waals surface area (Å²) in [5, 5.41) is 0. The van der Waals surface area contributed by atoms with Crippen molar-refractivity contribution in [3.05, 3.63) is 28.8 Å². The molecule has 0 spiro atoms. The van der Waals surface area contributed by atoms with E-state index in [2.05, 4.69) is 0 Å². The number of carbonyl (C=O) groups is 1. The van der Waals surface area contributed by atoms with Gasteiger partial charge in [-0.05, 0) is 50.3 Å². The summed E-state index contributed by atoms with van der Waals surface area (Å²) in [5.41, 5.74) is 9.35. The van der Waals surface area contributed by atoms with Crippen molar-refractivity contribution in [2.24, 2.45) is 0 Å². The number of aryl methyl sites for hydroxylation is 2. The monoisotopic (exact) mass is 232 g/mol. The summed E-state index contributed by atoms with van der Waals surface area (Å²) in [7, 11) is 1.89. The third kappa shape index (κ3) is 2.14. The molecule has 1 aliphatic rings. The fourth-order valence-corrected chi connectivity index (χ4v) is 2.23. The molecule has 2 N–H and O–H groups in total. The SMILES string of the molecule is Cc1cc(C)c(C(=O)N(C)C2CCC2)cc1N. The maximum Gasteiger partial charge on any atom is 0.254 e. The second-order valence-corrected chi connectivity index (χ2v) is 5.02. The lowest BCUT2D eigenvalue weighted by Gasteiger charge is -2.35. The van der Waals surface area contributed by atoms with E-state index in [4.69, 9.17) is 5.73 Å². The van der Waals surface area contributed by atoms with Crippen LogP contribution in [0.3, 0.4) is 0 Å². The number of carbonyl (C=O) groups excluding carboxylic acids is 1. The van der Waals surface area contributed by atoms with Gasteiger partial charge < -0.3 is 10.6 Å². The van der Waals surface area contributed by atoms with Gasteiger partial charge in [-0.1, -0.05) is 6.07 Å². The smallest absolute Gasteiger partial charge is 0.254 e. The van der Waals surface area contributed by atoms with E-state index in [1.54, 1.807) is 0 Å². The fourth-order valence-electron chi connectivity index (χ4n) is 2.23. The second kappa shape index (κ2) is 4.40. The van der Waals surface area contributed by atoms with Gasteiger partial charge in [0.25, 0.3) is 5.91 Å². The Bertz CT molecular complexity index is 450. The summed E-state index contributed by atoms with van der Waals surface area (Å²) in [6, 6.07) is 4.21. The van der Waals surface area contributed by atoms with Crippen LogP contribution in [0.5, 0.6) is 0 Å². The molecule has 0 unspecified atom stereocenters. The first-order valence-corrected chi connectivity index (χ1v) is 6.14. The van der Waals surface area contributed by atoms with Gasteiger partial charge in [-0.25, -0.2) is 0 Å². The number of nitrogens with zero attached hydrogens (tertiary/aromatic N) is 1. The van der Waals surface area contributed by atoms with E-state index in [9.17, 15) is 4.79 Å². The Balaban J connectivity index is 2.26. The van der Waals surface area contributed by atoms with Gasteiger partial charge in [-0.3, -0.25) is 4.79 Å². The zero-order valence-corrected chi connectivity index (χ0v) is 10.8.